The van der Waals surface area contributed by atoms with E-state index in [0.29, 0.717) is 0 Å². The van der Waals surface area contributed by atoms with Crippen molar-refractivity contribution in [3.63, 3.8) is 0 Å². The monoisotopic (exact) mass is 285 g/mol. The van der Waals surface area contributed by atoms with Crippen LogP contribution in [0.4, 0.5) is 5.82 Å². The van der Waals surface area contributed by atoms with Crippen LogP contribution in [0.5, 0.6) is 0 Å². The minimum absolute atomic E-state index is 0.786. The molecule has 0 radical (unpaired) electrons. The lowest BCUT2D eigenvalue weighted by Crippen LogP contribution is -2.23. The first-order chi connectivity index (χ1) is 10.3. The molecule has 0 aliphatic heterocycles. The number of anilines is 1. The first kappa shape index (κ1) is 15.4. The quantitative estimate of drug-likeness (QED) is 0.808. The Labute approximate surface area is 126 Å². The summed E-state index contributed by atoms with van der Waals surface area (Å²) in [5, 5.41) is 3.23. The van der Waals surface area contributed by atoms with Crippen molar-refractivity contribution in [3.05, 3.63) is 48.2 Å². The molecule has 0 atom stereocenters. The molecule has 0 saturated heterocycles. The van der Waals surface area contributed by atoms with Crippen LogP contribution in [0.1, 0.15) is 31.7 Å². The Morgan fingerprint density at radius 1 is 1.00 bits per heavy atom. The number of aromatic nitrogens is 3. The molecule has 0 amide bonds. The van der Waals surface area contributed by atoms with Gasteiger partial charge in [-0.15, -0.1) is 0 Å². The van der Waals surface area contributed by atoms with Gasteiger partial charge in [-0.1, -0.05) is 19.9 Å². The maximum atomic E-state index is 4.47. The second kappa shape index (κ2) is 8.32. The molecular weight excluding hydrogens is 262 g/mol. The predicted molar refractivity (Wildman–Crippen MR) is 84.8 cm³/mol. The average molecular weight is 285 g/mol. The van der Waals surface area contributed by atoms with Crippen LogP contribution in [0.15, 0.2) is 36.8 Å². The molecule has 0 bridgehead atoms. The molecule has 0 fully saturated rings. The zero-order valence-corrected chi connectivity index (χ0v) is 12.8. The first-order valence-electron chi connectivity index (χ1n) is 7.48. The summed E-state index contributed by atoms with van der Waals surface area (Å²) in [7, 11) is 0. The number of pyridine rings is 1. The fourth-order valence-electron chi connectivity index (χ4n) is 2.01. The standard InChI is InChI=1S/C16H23N5/c1-3-8-18-16-11-19-15(10-20-16)13-21(4-2)12-14-7-5-6-9-17-14/h5-7,9-11H,3-4,8,12-13H2,1-2H3,(H,18,20). The Kier molecular flexibility index (Phi) is 6.09. The summed E-state index contributed by atoms with van der Waals surface area (Å²) in [6.07, 6.45) is 6.56. The van der Waals surface area contributed by atoms with Gasteiger partial charge in [-0.2, -0.15) is 0 Å². The largest absolute Gasteiger partial charge is 0.369 e. The van der Waals surface area contributed by atoms with E-state index in [1.807, 2.05) is 30.6 Å². The zero-order valence-electron chi connectivity index (χ0n) is 12.8. The van der Waals surface area contributed by atoms with Crippen LogP contribution < -0.4 is 5.32 Å². The van der Waals surface area contributed by atoms with Crippen LogP contribution in [0.2, 0.25) is 0 Å². The lowest BCUT2D eigenvalue weighted by molar-refractivity contribution is 0.264. The summed E-state index contributed by atoms with van der Waals surface area (Å²) in [5.74, 6) is 0.841. The first-order valence-corrected chi connectivity index (χ1v) is 7.48. The van der Waals surface area contributed by atoms with E-state index in [0.717, 1.165) is 49.8 Å². The maximum absolute atomic E-state index is 4.47. The van der Waals surface area contributed by atoms with Gasteiger partial charge in [-0.3, -0.25) is 14.9 Å². The van der Waals surface area contributed by atoms with E-state index >= 15 is 0 Å². The summed E-state index contributed by atoms with van der Waals surface area (Å²) < 4.78 is 0. The molecular formula is C16H23N5. The summed E-state index contributed by atoms with van der Waals surface area (Å²) in [5.41, 5.74) is 2.06. The molecule has 0 aromatic carbocycles. The van der Waals surface area contributed by atoms with Gasteiger partial charge >= 0.3 is 0 Å². The van der Waals surface area contributed by atoms with Crippen LogP contribution in [-0.4, -0.2) is 32.9 Å². The van der Waals surface area contributed by atoms with Gasteiger partial charge in [0.1, 0.15) is 5.82 Å². The summed E-state index contributed by atoms with van der Waals surface area (Å²) in [4.78, 5) is 15.5. The predicted octanol–water partition coefficient (Wildman–Crippen LogP) is 2.72. The Hall–Kier alpha value is -2.01. The molecule has 5 heteroatoms. The second-order valence-corrected chi connectivity index (χ2v) is 4.94. The minimum atomic E-state index is 0.786. The zero-order chi connectivity index (χ0) is 14.9. The molecule has 2 rings (SSSR count). The molecule has 2 aromatic heterocycles. The fraction of sp³-hybridized carbons (Fsp3) is 0.438. The molecule has 5 nitrogen and oxygen atoms in total. The SMILES string of the molecule is CCCNc1cnc(CN(CC)Cc2ccccn2)cn1. The lowest BCUT2D eigenvalue weighted by Gasteiger charge is -2.19. The maximum Gasteiger partial charge on any atom is 0.144 e. The van der Waals surface area contributed by atoms with Crippen molar-refractivity contribution < 1.29 is 0 Å². The van der Waals surface area contributed by atoms with Crippen molar-refractivity contribution in [2.24, 2.45) is 0 Å². The number of rotatable bonds is 8. The molecule has 0 spiro atoms. The minimum Gasteiger partial charge on any atom is -0.369 e. The molecule has 0 unspecified atom stereocenters. The third kappa shape index (κ3) is 5.11. The average Bonchev–Trinajstić information content (AvgIpc) is 2.54. The number of nitrogens with zero attached hydrogens (tertiary/aromatic N) is 4. The van der Waals surface area contributed by atoms with Crippen molar-refractivity contribution in [1.29, 1.82) is 0 Å². The van der Waals surface area contributed by atoms with E-state index in [-0.39, 0.29) is 0 Å². The van der Waals surface area contributed by atoms with Crippen LogP contribution in [0.25, 0.3) is 0 Å². The Morgan fingerprint density at radius 2 is 1.86 bits per heavy atom. The molecule has 1 N–H and O–H groups in total. The summed E-state index contributed by atoms with van der Waals surface area (Å²) in [6.45, 7) is 7.77. The highest BCUT2D eigenvalue weighted by Gasteiger charge is 2.07. The highest BCUT2D eigenvalue weighted by Crippen LogP contribution is 2.07. The molecule has 21 heavy (non-hydrogen) atoms. The van der Waals surface area contributed by atoms with Gasteiger partial charge in [-0.05, 0) is 25.1 Å². The van der Waals surface area contributed by atoms with Crippen molar-refractivity contribution in [2.45, 2.75) is 33.4 Å². The van der Waals surface area contributed by atoms with E-state index < -0.39 is 0 Å². The molecule has 2 heterocycles. The van der Waals surface area contributed by atoms with Crippen LogP contribution >= 0.6 is 0 Å². The third-order valence-corrected chi connectivity index (χ3v) is 3.21. The van der Waals surface area contributed by atoms with Crippen molar-refractivity contribution in [1.82, 2.24) is 19.9 Å². The third-order valence-electron chi connectivity index (χ3n) is 3.21. The van der Waals surface area contributed by atoms with Gasteiger partial charge < -0.3 is 5.32 Å². The van der Waals surface area contributed by atoms with Crippen molar-refractivity contribution in [2.75, 3.05) is 18.4 Å². The highest BCUT2D eigenvalue weighted by atomic mass is 15.1. The van der Waals surface area contributed by atoms with Gasteiger partial charge in [0, 0.05) is 25.8 Å². The normalized spacial score (nSPS) is 10.8. The van der Waals surface area contributed by atoms with Crippen LogP contribution in [0, 0.1) is 0 Å². The molecule has 2 aromatic rings. The fourth-order valence-corrected chi connectivity index (χ4v) is 2.01. The molecule has 0 aliphatic rings. The van der Waals surface area contributed by atoms with E-state index in [4.69, 9.17) is 0 Å². The van der Waals surface area contributed by atoms with E-state index in [9.17, 15) is 0 Å². The summed E-state index contributed by atoms with van der Waals surface area (Å²) >= 11 is 0. The van der Waals surface area contributed by atoms with Gasteiger partial charge in [0.25, 0.3) is 0 Å². The molecule has 0 saturated carbocycles. The summed E-state index contributed by atoms with van der Waals surface area (Å²) in [6, 6.07) is 6.00. The highest BCUT2D eigenvalue weighted by molar-refractivity contribution is 5.30. The Morgan fingerprint density at radius 3 is 2.48 bits per heavy atom. The topological polar surface area (TPSA) is 53.9 Å². The Bertz CT molecular complexity index is 512. The van der Waals surface area contributed by atoms with Crippen molar-refractivity contribution in [3.8, 4) is 0 Å². The van der Waals surface area contributed by atoms with E-state index in [1.165, 1.54) is 0 Å². The number of hydrogen-bond donors (Lipinski definition) is 1. The lowest BCUT2D eigenvalue weighted by atomic mass is 10.3. The Balaban J connectivity index is 1.92. The van der Waals surface area contributed by atoms with Gasteiger partial charge in [0.2, 0.25) is 0 Å². The smallest absolute Gasteiger partial charge is 0.144 e. The van der Waals surface area contributed by atoms with Crippen LogP contribution in [0.3, 0.4) is 0 Å². The van der Waals surface area contributed by atoms with Gasteiger partial charge in [0.05, 0.1) is 23.8 Å². The van der Waals surface area contributed by atoms with E-state index in [2.05, 4.69) is 39.0 Å². The van der Waals surface area contributed by atoms with Gasteiger partial charge in [0.15, 0.2) is 0 Å². The number of hydrogen-bond acceptors (Lipinski definition) is 5. The molecule has 0 aliphatic carbocycles. The second-order valence-electron chi connectivity index (χ2n) is 4.94. The van der Waals surface area contributed by atoms with E-state index in [1.54, 1.807) is 6.20 Å². The van der Waals surface area contributed by atoms with Crippen molar-refractivity contribution >= 4 is 5.82 Å². The number of nitrogens with one attached hydrogen (secondary N) is 1. The van der Waals surface area contributed by atoms with Crippen LogP contribution in [-0.2, 0) is 13.1 Å². The van der Waals surface area contributed by atoms with Gasteiger partial charge in [-0.25, -0.2) is 4.98 Å². The molecule has 112 valence electrons.